The topological polar surface area (TPSA) is 115 Å². The van der Waals surface area contributed by atoms with Gasteiger partial charge in [-0.15, -0.1) is 5.10 Å². The lowest BCUT2D eigenvalue weighted by Gasteiger charge is -2.40. The Balaban J connectivity index is 1.32. The van der Waals surface area contributed by atoms with E-state index in [1.54, 1.807) is 29.9 Å². The molecule has 1 saturated heterocycles. The van der Waals surface area contributed by atoms with E-state index < -0.39 is 18.1 Å². The number of imidazole rings is 1. The lowest BCUT2D eigenvalue weighted by atomic mass is 9.76. The molecule has 3 aromatic rings. The van der Waals surface area contributed by atoms with Crippen molar-refractivity contribution < 1.29 is 13.9 Å². The second-order valence-electron chi connectivity index (χ2n) is 8.85. The quantitative estimate of drug-likeness (QED) is 0.522. The van der Waals surface area contributed by atoms with Gasteiger partial charge in [-0.25, -0.2) is 13.9 Å². The summed E-state index contributed by atoms with van der Waals surface area (Å²) in [5.74, 6) is 0.458. The van der Waals surface area contributed by atoms with Gasteiger partial charge in [0.1, 0.15) is 11.9 Å². The van der Waals surface area contributed by atoms with Gasteiger partial charge in [0.15, 0.2) is 17.2 Å². The number of aromatic nitrogens is 4. The van der Waals surface area contributed by atoms with Gasteiger partial charge in [-0.05, 0) is 30.9 Å². The second kappa shape index (κ2) is 7.55. The minimum Gasteiger partial charge on any atom is -0.385 e. The number of nitrogens with zero attached hydrogens (tertiary/aromatic N) is 4. The third-order valence-corrected chi connectivity index (χ3v) is 6.78. The van der Waals surface area contributed by atoms with Gasteiger partial charge in [0, 0.05) is 32.3 Å². The zero-order chi connectivity index (χ0) is 22.7. The standard InChI is InChI=1S/C22H24FN7O3/c1-24-15-9-18(28-30-17(10-25-20(15)30)21(31)27-14-8-12(14)23)26-13-3-2-5-29(22(13)32)16-7-11-4-6-33-19(11)16/h2-3,5,9-12,14,16,19,24H,4,6-8H2,1H3,(H,26,28)(H,27,31)/t11-,12+,14-,16-,19-/m1/s1. The van der Waals surface area contributed by atoms with Crippen molar-refractivity contribution in [2.24, 2.45) is 5.92 Å². The molecule has 0 radical (unpaired) electrons. The fraction of sp³-hybridized carbons (Fsp3) is 0.455. The number of fused-ring (bicyclic) bond motifs is 2. The molecule has 4 heterocycles. The van der Waals surface area contributed by atoms with E-state index in [0.29, 0.717) is 35.2 Å². The van der Waals surface area contributed by atoms with Crippen molar-refractivity contribution in [3.05, 3.63) is 46.6 Å². The summed E-state index contributed by atoms with van der Waals surface area (Å²) in [5.41, 5.74) is 1.48. The fourth-order valence-corrected chi connectivity index (χ4v) is 4.78. The number of amides is 1. The first kappa shape index (κ1) is 20.2. The van der Waals surface area contributed by atoms with E-state index in [1.807, 2.05) is 6.07 Å². The summed E-state index contributed by atoms with van der Waals surface area (Å²) < 4.78 is 22.2. The maximum Gasteiger partial charge on any atom is 0.274 e. The average Bonchev–Trinajstić information content (AvgIpc) is 3.16. The zero-order valence-electron chi connectivity index (χ0n) is 18.0. The van der Waals surface area contributed by atoms with Crippen molar-refractivity contribution in [3.63, 3.8) is 0 Å². The average molecular weight is 453 g/mol. The molecule has 1 amide bonds. The summed E-state index contributed by atoms with van der Waals surface area (Å²) in [6, 6.07) is 4.82. The number of halogens is 1. The molecule has 10 nitrogen and oxygen atoms in total. The Kier molecular flexibility index (Phi) is 4.61. The first-order valence-electron chi connectivity index (χ1n) is 11.1. The van der Waals surface area contributed by atoms with Crippen molar-refractivity contribution in [2.75, 3.05) is 24.3 Å². The van der Waals surface area contributed by atoms with Gasteiger partial charge in [0.05, 0.1) is 30.1 Å². The number of rotatable bonds is 6. The monoisotopic (exact) mass is 453 g/mol. The molecule has 3 N–H and O–H groups in total. The fourth-order valence-electron chi connectivity index (χ4n) is 4.78. The number of alkyl halides is 1. The van der Waals surface area contributed by atoms with Crippen molar-refractivity contribution in [3.8, 4) is 0 Å². The number of hydrogen-bond acceptors (Lipinski definition) is 7. The van der Waals surface area contributed by atoms with Gasteiger partial charge in [0.25, 0.3) is 11.5 Å². The highest BCUT2D eigenvalue weighted by Crippen LogP contribution is 2.45. The molecule has 0 bridgehead atoms. The normalized spacial score (nSPS) is 27.6. The van der Waals surface area contributed by atoms with Crippen LogP contribution in [0.25, 0.3) is 5.65 Å². The minimum atomic E-state index is -1.01. The Morgan fingerprint density at radius 2 is 2.15 bits per heavy atom. The lowest BCUT2D eigenvalue weighted by Crippen LogP contribution is -2.44. The zero-order valence-corrected chi connectivity index (χ0v) is 18.0. The van der Waals surface area contributed by atoms with Gasteiger partial charge >= 0.3 is 0 Å². The summed E-state index contributed by atoms with van der Waals surface area (Å²) in [5, 5.41) is 13.3. The van der Waals surface area contributed by atoms with Crippen LogP contribution >= 0.6 is 0 Å². The van der Waals surface area contributed by atoms with E-state index in [0.717, 1.165) is 19.4 Å². The molecular weight excluding hydrogens is 429 g/mol. The van der Waals surface area contributed by atoms with Gasteiger partial charge in [-0.1, -0.05) is 0 Å². The smallest absolute Gasteiger partial charge is 0.274 e. The first-order chi connectivity index (χ1) is 16.0. The minimum absolute atomic E-state index is 0.0424. The number of carbonyl (C=O) groups excluding carboxylic acids is 1. The summed E-state index contributed by atoms with van der Waals surface area (Å²) in [7, 11) is 1.73. The van der Waals surface area contributed by atoms with Crippen LogP contribution in [0.15, 0.2) is 35.4 Å². The highest BCUT2D eigenvalue weighted by atomic mass is 19.1. The third-order valence-electron chi connectivity index (χ3n) is 6.78. The number of nitrogens with one attached hydrogen (secondary N) is 3. The van der Waals surface area contributed by atoms with Crippen LogP contribution in [0.5, 0.6) is 0 Å². The van der Waals surface area contributed by atoms with Crippen molar-refractivity contribution >= 4 is 28.7 Å². The molecule has 6 rings (SSSR count). The van der Waals surface area contributed by atoms with Crippen molar-refractivity contribution in [1.29, 1.82) is 0 Å². The van der Waals surface area contributed by atoms with Crippen LogP contribution in [0.4, 0.5) is 21.6 Å². The Morgan fingerprint density at radius 3 is 2.91 bits per heavy atom. The van der Waals surface area contributed by atoms with E-state index in [1.165, 1.54) is 10.7 Å². The summed E-state index contributed by atoms with van der Waals surface area (Å²) in [6.07, 6.45) is 4.60. The Hall–Kier alpha value is -3.47. The van der Waals surface area contributed by atoms with Crippen LogP contribution in [0.2, 0.25) is 0 Å². The third kappa shape index (κ3) is 3.34. The molecule has 3 aliphatic rings. The second-order valence-corrected chi connectivity index (χ2v) is 8.85. The lowest BCUT2D eigenvalue weighted by molar-refractivity contribution is -0.0195. The Bertz CT molecular complexity index is 1300. The molecule has 0 unspecified atom stereocenters. The van der Waals surface area contributed by atoms with E-state index >= 15 is 0 Å². The highest BCUT2D eigenvalue weighted by Gasteiger charge is 2.46. The predicted molar refractivity (Wildman–Crippen MR) is 119 cm³/mol. The highest BCUT2D eigenvalue weighted by molar-refractivity contribution is 5.94. The molecule has 2 aliphatic carbocycles. The molecule has 1 aliphatic heterocycles. The molecule has 3 fully saturated rings. The summed E-state index contributed by atoms with van der Waals surface area (Å²) in [6.45, 7) is 0.753. The van der Waals surface area contributed by atoms with Crippen molar-refractivity contribution in [1.82, 2.24) is 24.5 Å². The van der Waals surface area contributed by atoms with Crippen LogP contribution in [0.1, 0.15) is 35.8 Å². The van der Waals surface area contributed by atoms with Crippen LogP contribution < -0.4 is 21.5 Å². The summed E-state index contributed by atoms with van der Waals surface area (Å²) in [4.78, 5) is 30.1. The largest absolute Gasteiger partial charge is 0.385 e. The van der Waals surface area contributed by atoms with E-state index in [4.69, 9.17) is 4.74 Å². The van der Waals surface area contributed by atoms with Gasteiger partial charge < -0.3 is 25.3 Å². The van der Waals surface area contributed by atoms with Gasteiger partial charge in [-0.3, -0.25) is 9.59 Å². The Morgan fingerprint density at radius 1 is 1.30 bits per heavy atom. The molecule has 172 valence electrons. The molecule has 0 spiro atoms. The Labute approximate surface area is 188 Å². The van der Waals surface area contributed by atoms with E-state index in [9.17, 15) is 14.0 Å². The first-order valence-corrected chi connectivity index (χ1v) is 11.1. The molecule has 33 heavy (non-hydrogen) atoms. The molecule has 5 atom stereocenters. The SMILES string of the molecule is CNc1cc(Nc2cccn([C@@H]3C[C@H]4CCO[C@H]43)c2=O)nn2c(C(=O)N[C@@H]3C[C@@H]3F)cnc12. The van der Waals surface area contributed by atoms with Crippen LogP contribution in [0, 0.1) is 5.92 Å². The van der Waals surface area contributed by atoms with Gasteiger partial charge in [-0.2, -0.15) is 0 Å². The summed E-state index contributed by atoms with van der Waals surface area (Å²) >= 11 is 0. The maximum atomic E-state index is 13.2. The number of pyridine rings is 1. The number of anilines is 3. The maximum absolute atomic E-state index is 13.2. The predicted octanol–water partition coefficient (Wildman–Crippen LogP) is 1.87. The number of carbonyl (C=O) groups is 1. The number of hydrogen-bond donors (Lipinski definition) is 3. The van der Waals surface area contributed by atoms with E-state index in [2.05, 4.69) is 26.0 Å². The molecule has 0 aromatic carbocycles. The molecule has 3 aromatic heterocycles. The van der Waals surface area contributed by atoms with E-state index in [-0.39, 0.29) is 23.4 Å². The molecular formula is C22H24FN7O3. The van der Waals surface area contributed by atoms with Gasteiger partial charge in [0.2, 0.25) is 0 Å². The van der Waals surface area contributed by atoms with Crippen LogP contribution in [-0.2, 0) is 4.74 Å². The molecule has 2 saturated carbocycles. The molecule has 11 heteroatoms. The van der Waals surface area contributed by atoms with Crippen LogP contribution in [0.3, 0.4) is 0 Å². The van der Waals surface area contributed by atoms with Crippen molar-refractivity contribution in [2.45, 2.75) is 43.6 Å². The number of ether oxygens (including phenoxy) is 1. The van der Waals surface area contributed by atoms with Crippen LogP contribution in [-0.4, -0.2) is 57.0 Å².